The van der Waals surface area contributed by atoms with Gasteiger partial charge in [0.25, 0.3) is 0 Å². The fourth-order valence-corrected chi connectivity index (χ4v) is 6.29. The van der Waals surface area contributed by atoms with Crippen LogP contribution in [0.1, 0.15) is 59.9 Å². The van der Waals surface area contributed by atoms with Crippen LogP contribution in [0.5, 0.6) is 0 Å². The molecular weight excluding hydrogens is 628 g/mol. The van der Waals surface area contributed by atoms with E-state index in [0.717, 1.165) is 17.1 Å². The molecule has 15 heteroatoms. The molecule has 0 radical (unpaired) electrons. The third kappa shape index (κ3) is 10.4. The minimum absolute atomic E-state index is 0.00500. The van der Waals surface area contributed by atoms with Gasteiger partial charge in [0, 0.05) is 29.5 Å². The summed E-state index contributed by atoms with van der Waals surface area (Å²) in [5.74, 6) is -4.86. The molecule has 1 aliphatic heterocycles. The Morgan fingerprint density at radius 3 is 2.21 bits per heavy atom. The number of amides is 5. The van der Waals surface area contributed by atoms with Gasteiger partial charge in [0.2, 0.25) is 29.5 Å². The van der Waals surface area contributed by atoms with E-state index in [1.54, 1.807) is 0 Å². The maximum Gasteiger partial charge on any atom is 0.327 e. The first-order valence-electron chi connectivity index (χ1n) is 15.7. The topological polar surface area (TPSA) is 219 Å². The van der Waals surface area contributed by atoms with E-state index in [9.17, 15) is 39.0 Å². The lowest BCUT2D eigenvalue weighted by Crippen LogP contribution is -2.60. The standard InChI is InChI=1S/C32H46N6O8S/c1-15(2)11-22-28(42)33-17(5)27(41)38-26(18(6)39)30(44)36-24(32(45)46)14-47-31-20(19-9-7-8-10-21(19)37-31)13-23(29(43)35-22)34-25(40)12-16(3)4/h7-10,15-18,22-24,26,37,39H,11-14H2,1-6H3,(H,33,42)(H,34,40)(H,35,43)(H,36,44)(H,38,41)(H,45,46)/t17-,18-,22+,23+,24+,26+/m1/s1. The average molecular weight is 675 g/mol. The van der Waals surface area contributed by atoms with Gasteiger partial charge in [-0.3, -0.25) is 24.0 Å². The second-order valence-corrected chi connectivity index (χ2v) is 13.8. The third-order valence-corrected chi connectivity index (χ3v) is 8.73. The number of carbonyl (C=O) groups excluding carboxylic acids is 5. The van der Waals surface area contributed by atoms with Crippen LogP contribution in [-0.2, 0) is 35.2 Å². The molecule has 0 saturated carbocycles. The van der Waals surface area contributed by atoms with Gasteiger partial charge >= 0.3 is 5.97 Å². The molecule has 0 fully saturated rings. The van der Waals surface area contributed by atoms with Gasteiger partial charge in [0.15, 0.2) is 0 Å². The SMILES string of the molecule is CC(C)CC(=O)N[C@H]1Cc2c([nH]c3ccccc23)SC[C@@H](C(=O)O)NC(=O)[C@H]([C@@H](C)O)NC(=O)[C@@H](C)NC(=O)[C@H](CC(C)C)NC1=O. The molecular formula is C32H46N6O8S. The zero-order valence-corrected chi connectivity index (χ0v) is 28.3. The molecule has 0 bridgehead atoms. The highest BCUT2D eigenvalue weighted by atomic mass is 32.2. The number of aliphatic hydroxyl groups excluding tert-OH is 1. The van der Waals surface area contributed by atoms with Crippen molar-refractivity contribution in [2.75, 3.05) is 5.75 Å². The Bertz CT molecular complexity index is 1470. The number of hydrogen-bond acceptors (Lipinski definition) is 8. The van der Waals surface area contributed by atoms with Gasteiger partial charge in [-0.1, -0.05) is 45.9 Å². The van der Waals surface area contributed by atoms with Crippen molar-refractivity contribution in [1.82, 2.24) is 31.6 Å². The summed E-state index contributed by atoms with van der Waals surface area (Å²) in [6, 6.07) is 0.978. The summed E-state index contributed by atoms with van der Waals surface area (Å²) in [4.78, 5) is 82.0. The molecule has 1 aromatic heterocycles. The zero-order chi connectivity index (χ0) is 35.0. The molecule has 6 atom stereocenters. The summed E-state index contributed by atoms with van der Waals surface area (Å²) in [6.07, 6.45) is -1.01. The number of benzene rings is 1. The lowest BCUT2D eigenvalue weighted by Gasteiger charge is -2.27. The molecule has 0 spiro atoms. The van der Waals surface area contributed by atoms with Crippen LogP contribution in [0, 0.1) is 11.8 Å². The molecule has 8 N–H and O–H groups in total. The van der Waals surface area contributed by atoms with Crippen LogP contribution >= 0.6 is 11.8 Å². The predicted molar refractivity (Wildman–Crippen MR) is 176 cm³/mol. The maximum atomic E-state index is 13.9. The Hall–Kier alpha value is -4.11. The van der Waals surface area contributed by atoms with Crippen molar-refractivity contribution >= 4 is 58.2 Å². The fourth-order valence-electron chi connectivity index (χ4n) is 5.18. The summed E-state index contributed by atoms with van der Waals surface area (Å²) in [6.45, 7) is 10.1. The van der Waals surface area contributed by atoms with Crippen molar-refractivity contribution in [2.24, 2.45) is 11.8 Å². The lowest BCUT2D eigenvalue weighted by molar-refractivity contribution is -0.142. The molecule has 0 unspecified atom stereocenters. The van der Waals surface area contributed by atoms with Gasteiger partial charge in [-0.25, -0.2) is 4.79 Å². The van der Waals surface area contributed by atoms with Gasteiger partial charge in [-0.05, 0) is 43.7 Å². The van der Waals surface area contributed by atoms with E-state index in [2.05, 4.69) is 31.6 Å². The minimum atomic E-state index is -1.52. The zero-order valence-electron chi connectivity index (χ0n) is 27.5. The van der Waals surface area contributed by atoms with Crippen LogP contribution in [0.2, 0.25) is 0 Å². The van der Waals surface area contributed by atoms with E-state index >= 15 is 0 Å². The number of carboxylic acids is 1. The first-order chi connectivity index (χ1) is 22.1. The second-order valence-electron chi connectivity index (χ2n) is 12.8. The Kier molecular flexibility index (Phi) is 13.2. The van der Waals surface area contributed by atoms with Crippen LogP contribution in [0.15, 0.2) is 29.3 Å². The molecule has 14 nitrogen and oxygen atoms in total. The Labute approximate surface area is 278 Å². The summed E-state index contributed by atoms with van der Waals surface area (Å²) < 4.78 is 0. The number of aromatic amines is 1. The molecule has 2 aromatic rings. The highest BCUT2D eigenvalue weighted by Crippen LogP contribution is 2.31. The van der Waals surface area contributed by atoms with E-state index < -0.39 is 65.9 Å². The monoisotopic (exact) mass is 674 g/mol. The Balaban J connectivity index is 2.12. The third-order valence-electron chi connectivity index (χ3n) is 7.59. The van der Waals surface area contributed by atoms with E-state index in [1.807, 2.05) is 52.0 Å². The molecule has 47 heavy (non-hydrogen) atoms. The summed E-state index contributed by atoms with van der Waals surface area (Å²) in [5, 5.41) is 34.5. The summed E-state index contributed by atoms with van der Waals surface area (Å²) in [7, 11) is 0. The van der Waals surface area contributed by atoms with Crippen molar-refractivity contribution in [2.45, 2.75) is 102 Å². The molecule has 0 saturated heterocycles. The molecule has 1 aromatic carbocycles. The number of thioether (sulfide) groups is 1. The average Bonchev–Trinajstić information content (AvgIpc) is 3.32. The van der Waals surface area contributed by atoms with E-state index in [0.29, 0.717) is 16.1 Å². The number of fused-ring (bicyclic) bond motifs is 3. The highest BCUT2D eigenvalue weighted by Gasteiger charge is 2.34. The molecule has 0 aliphatic carbocycles. The smallest absolute Gasteiger partial charge is 0.327 e. The molecule has 5 amide bonds. The van der Waals surface area contributed by atoms with E-state index in [-0.39, 0.29) is 42.8 Å². The van der Waals surface area contributed by atoms with Gasteiger partial charge in [-0.15, -0.1) is 11.8 Å². The quantitative estimate of drug-likeness (QED) is 0.208. The Morgan fingerprint density at radius 1 is 0.915 bits per heavy atom. The number of H-pyrrole nitrogens is 1. The first-order valence-corrected chi connectivity index (χ1v) is 16.7. The first kappa shape index (κ1) is 37.3. The highest BCUT2D eigenvalue weighted by molar-refractivity contribution is 7.99. The van der Waals surface area contributed by atoms with Crippen molar-refractivity contribution in [3.05, 3.63) is 29.8 Å². The van der Waals surface area contributed by atoms with Crippen LogP contribution in [0.4, 0.5) is 0 Å². The number of hydrogen-bond donors (Lipinski definition) is 8. The van der Waals surface area contributed by atoms with Crippen LogP contribution < -0.4 is 26.6 Å². The van der Waals surface area contributed by atoms with E-state index in [4.69, 9.17) is 0 Å². The van der Waals surface area contributed by atoms with Crippen LogP contribution in [-0.4, -0.2) is 92.8 Å². The van der Waals surface area contributed by atoms with Gasteiger partial charge in [0.1, 0.15) is 30.2 Å². The van der Waals surface area contributed by atoms with Crippen molar-refractivity contribution < 1.29 is 39.0 Å². The van der Waals surface area contributed by atoms with Crippen molar-refractivity contribution in [3.63, 3.8) is 0 Å². The van der Waals surface area contributed by atoms with Gasteiger partial charge in [0.05, 0.1) is 11.1 Å². The van der Waals surface area contributed by atoms with Gasteiger partial charge in [-0.2, -0.15) is 0 Å². The summed E-state index contributed by atoms with van der Waals surface area (Å²) in [5.41, 5.74) is 1.35. The number of nitrogens with one attached hydrogen (secondary N) is 6. The molecule has 2 heterocycles. The van der Waals surface area contributed by atoms with Crippen molar-refractivity contribution in [1.29, 1.82) is 0 Å². The number of carboxylic acid groups (broad SMARTS) is 1. The Morgan fingerprint density at radius 2 is 1.60 bits per heavy atom. The lowest BCUT2D eigenvalue weighted by atomic mass is 10.00. The van der Waals surface area contributed by atoms with Crippen LogP contribution in [0.25, 0.3) is 10.9 Å². The number of rotatable bonds is 7. The normalized spacial score (nSPS) is 24.3. The maximum absolute atomic E-state index is 13.9. The second kappa shape index (κ2) is 16.6. The largest absolute Gasteiger partial charge is 0.480 e. The number of para-hydroxylation sites is 1. The predicted octanol–water partition coefficient (Wildman–Crippen LogP) is 0.818. The minimum Gasteiger partial charge on any atom is -0.480 e. The number of aliphatic hydroxyl groups is 1. The summed E-state index contributed by atoms with van der Waals surface area (Å²) >= 11 is 1.10. The number of carbonyl (C=O) groups is 6. The van der Waals surface area contributed by atoms with Crippen molar-refractivity contribution in [3.8, 4) is 0 Å². The van der Waals surface area contributed by atoms with E-state index in [1.165, 1.54) is 13.8 Å². The van der Waals surface area contributed by atoms with Gasteiger partial charge < -0.3 is 41.8 Å². The number of aliphatic carboxylic acids is 1. The number of aromatic nitrogens is 1. The molecule has 3 rings (SSSR count). The molecule has 258 valence electrons. The molecule has 1 aliphatic rings. The van der Waals surface area contributed by atoms with Crippen LogP contribution in [0.3, 0.4) is 0 Å². The fraction of sp³-hybridized carbons (Fsp3) is 0.562.